The fraction of sp³-hybridized carbons (Fsp3) is 0.375. The Morgan fingerprint density at radius 3 is 2.57 bits per heavy atom. The molecular formula is C24H28N2O4. The Hall–Kier alpha value is -3.15. The summed E-state index contributed by atoms with van der Waals surface area (Å²) >= 11 is 0. The zero-order valence-corrected chi connectivity index (χ0v) is 17.9. The third-order valence-electron chi connectivity index (χ3n) is 5.36. The lowest BCUT2D eigenvalue weighted by Crippen LogP contribution is -2.42. The summed E-state index contributed by atoms with van der Waals surface area (Å²) in [6.07, 6.45) is 0.826. The molecule has 0 radical (unpaired) electrons. The van der Waals surface area contributed by atoms with Crippen LogP contribution in [0.1, 0.15) is 42.6 Å². The van der Waals surface area contributed by atoms with Gasteiger partial charge in [0.15, 0.2) is 0 Å². The van der Waals surface area contributed by atoms with Crippen molar-refractivity contribution in [2.45, 2.75) is 45.8 Å². The van der Waals surface area contributed by atoms with Gasteiger partial charge < -0.3 is 14.5 Å². The van der Waals surface area contributed by atoms with Crippen LogP contribution in [0.5, 0.6) is 0 Å². The van der Waals surface area contributed by atoms with Crippen molar-refractivity contribution in [3.63, 3.8) is 0 Å². The standard InChI is InChI=1S/C24H28N2O4/c1-5-17(3)30-24(28)22-14-20(25-29-4)15-26(22)23(27)19-11-12-21(16(2)13-19)18-9-7-6-8-10-18/h6-13,17,22H,5,14-15H2,1-4H3/t17?,22-/m0/s1. The van der Waals surface area contributed by atoms with Crippen LogP contribution in [0, 0.1) is 6.92 Å². The summed E-state index contributed by atoms with van der Waals surface area (Å²) in [5.41, 5.74) is 4.35. The van der Waals surface area contributed by atoms with Gasteiger partial charge in [-0.15, -0.1) is 0 Å². The Balaban J connectivity index is 1.86. The van der Waals surface area contributed by atoms with Crippen molar-refractivity contribution in [1.29, 1.82) is 0 Å². The fourth-order valence-electron chi connectivity index (χ4n) is 3.59. The Labute approximate surface area is 177 Å². The maximum absolute atomic E-state index is 13.3. The maximum atomic E-state index is 13.3. The minimum absolute atomic E-state index is 0.203. The number of ether oxygens (including phenoxy) is 1. The van der Waals surface area contributed by atoms with Crippen LogP contribution in [-0.4, -0.2) is 48.3 Å². The molecule has 0 N–H and O–H groups in total. The van der Waals surface area contributed by atoms with Gasteiger partial charge >= 0.3 is 5.97 Å². The number of nitrogens with zero attached hydrogens (tertiary/aromatic N) is 2. The molecule has 1 fully saturated rings. The van der Waals surface area contributed by atoms with Crippen molar-refractivity contribution in [1.82, 2.24) is 4.90 Å². The molecule has 30 heavy (non-hydrogen) atoms. The lowest BCUT2D eigenvalue weighted by Gasteiger charge is -2.24. The number of amides is 1. The zero-order valence-electron chi connectivity index (χ0n) is 17.9. The molecule has 0 bridgehead atoms. The van der Waals surface area contributed by atoms with Crippen LogP contribution in [0.2, 0.25) is 0 Å². The summed E-state index contributed by atoms with van der Waals surface area (Å²) in [5.74, 6) is -0.623. The molecule has 158 valence electrons. The number of hydrogen-bond acceptors (Lipinski definition) is 5. The molecule has 0 aromatic heterocycles. The first-order valence-electron chi connectivity index (χ1n) is 10.2. The highest BCUT2D eigenvalue weighted by atomic mass is 16.6. The number of hydrogen-bond donors (Lipinski definition) is 0. The van der Waals surface area contributed by atoms with Gasteiger partial charge in [0.2, 0.25) is 0 Å². The average Bonchev–Trinajstić information content (AvgIpc) is 3.18. The van der Waals surface area contributed by atoms with Gasteiger partial charge in [0.05, 0.1) is 18.4 Å². The molecule has 2 aromatic rings. The van der Waals surface area contributed by atoms with Crippen LogP contribution in [-0.2, 0) is 14.4 Å². The lowest BCUT2D eigenvalue weighted by atomic mass is 9.98. The molecular weight excluding hydrogens is 380 g/mol. The highest BCUT2D eigenvalue weighted by Crippen LogP contribution is 2.26. The highest BCUT2D eigenvalue weighted by Gasteiger charge is 2.40. The molecule has 2 atom stereocenters. The zero-order chi connectivity index (χ0) is 21.7. The van der Waals surface area contributed by atoms with E-state index in [1.165, 1.54) is 12.0 Å². The average molecular weight is 408 g/mol. The number of benzene rings is 2. The van der Waals surface area contributed by atoms with E-state index in [-0.39, 0.29) is 18.6 Å². The molecule has 3 rings (SSSR count). The minimum Gasteiger partial charge on any atom is -0.461 e. The predicted molar refractivity (Wildman–Crippen MR) is 116 cm³/mol. The van der Waals surface area contributed by atoms with Gasteiger partial charge in [0.25, 0.3) is 5.91 Å². The summed E-state index contributed by atoms with van der Waals surface area (Å²) in [7, 11) is 1.45. The molecule has 1 amide bonds. The largest absolute Gasteiger partial charge is 0.461 e. The molecule has 1 unspecified atom stereocenters. The molecule has 0 saturated carbocycles. The second-order valence-electron chi connectivity index (χ2n) is 7.54. The van der Waals surface area contributed by atoms with Crippen molar-refractivity contribution in [3.05, 3.63) is 59.7 Å². The van der Waals surface area contributed by atoms with Crippen LogP contribution in [0.25, 0.3) is 11.1 Å². The van der Waals surface area contributed by atoms with E-state index in [2.05, 4.69) is 5.16 Å². The number of carbonyl (C=O) groups excluding carboxylic acids is 2. The number of likely N-dealkylation sites (tertiary alicyclic amines) is 1. The van der Waals surface area contributed by atoms with E-state index in [4.69, 9.17) is 9.57 Å². The van der Waals surface area contributed by atoms with Gasteiger partial charge in [0.1, 0.15) is 13.2 Å². The minimum atomic E-state index is -0.700. The van der Waals surface area contributed by atoms with Crippen molar-refractivity contribution in [2.75, 3.05) is 13.7 Å². The Morgan fingerprint density at radius 2 is 1.93 bits per heavy atom. The number of oxime groups is 1. The van der Waals surface area contributed by atoms with Crippen LogP contribution < -0.4 is 0 Å². The molecule has 1 heterocycles. The van der Waals surface area contributed by atoms with Gasteiger partial charge in [-0.25, -0.2) is 4.79 Å². The van der Waals surface area contributed by atoms with E-state index in [1.807, 2.05) is 63.2 Å². The Morgan fingerprint density at radius 1 is 1.20 bits per heavy atom. The van der Waals surface area contributed by atoms with Gasteiger partial charge in [0, 0.05) is 12.0 Å². The monoisotopic (exact) mass is 408 g/mol. The molecule has 1 aliphatic heterocycles. The summed E-state index contributed by atoms with van der Waals surface area (Å²) in [6, 6.07) is 15.0. The van der Waals surface area contributed by atoms with E-state index in [9.17, 15) is 9.59 Å². The van der Waals surface area contributed by atoms with Crippen molar-refractivity contribution < 1.29 is 19.2 Å². The van der Waals surface area contributed by atoms with E-state index < -0.39 is 12.0 Å². The molecule has 6 heteroatoms. The molecule has 0 spiro atoms. The smallest absolute Gasteiger partial charge is 0.329 e. The second-order valence-corrected chi connectivity index (χ2v) is 7.54. The number of aryl methyl sites for hydroxylation is 1. The van der Waals surface area contributed by atoms with Crippen molar-refractivity contribution >= 4 is 17.6 Å². The highest BCUT2D eigenvalue weighted by molar-refractivity contribution is 6.04. The SMILES string of the molecule is CCC(C)OC(=O)[C@@H]1CC(=NOC)CN1C(=O)c1ccc(-c2ccccc2)c(C)c1. The van der Waals surface area contributed by atoms with Crippen molar-refractivity contribution in [2.24, 2.45) is 5.16 Å². The van der Waals surface area contributed by atoms with Crippen LogP contribution >= 0.6 is 0 Å². The van der Waals surface area contributed by atoms with Gasteiger partial charge in [-0.1, -0.05) is 48.5 Å². The summed E-state index contributed by atoms with van der Waals surface area (Å²) < 4.78 is 5.50. The first-order chi connectivity index (χ1) is 14.4. The quantitative estimate of drug-likeness (QED) is 0.530. The number of rotatable bonds is 6. The third-order valence-corrected chi connectivity index (χ3v) is 5.36. The second kappa shape index (κ2) is 9.57. The molecule has 6 nitrogen and oxygen atoms in total. The number of carbonyl (C=O) groups is 2. The summed E-state index contributed by atoms with van der Waals surface area (Å²) in [5, 5.41) is 3.97. The first-order valence-corrected chi connectivity index (χ1v) is 10.2. The lowest BCUT2D eigenvalue weighted by molar-refractivity contribution is -0.152. The summed E-state index contributed by atoms with van der Waals surface area (Å²) in [4.78, 5) is 32.4. The van der Waals surface area contributed by atoms with Gasteiger partial charge in [-0.3, -0.25) is 4.79 Å². The summed E-state index contributed by atoms with van der Waals surface area (Å²) in [6.45, 7) is 6.02. The number of esters is 1. The third kappa shape index (κ3) is 4.70. The van der Waals surface area contributed by atoms with E-state index in [1.54, 1.807) is 6.07 Å². The van der Waals surface area contributed by atoms with Crippen LogP contribution in [0.15, 0.2) is 53.7 Å². The van der Waals surface area contributed by atoms with E-state index in [0.29, 0.717) is 24.1 Å². The first kappa shape index (κ1) is 21.6. The van der Waals surface area contributed by atoms with E-state index >= 15 is 0 Å². The topological polar surface area (TPSA) is 68.2 Å². The van der Waals surface area contributed by atoms with Gasteiger partial charge in [-0.05, 0) is 49.1 Å². The Bertz CT molecular complexity index is 939. The van der Waals surface area contributed by atoms with E-state index in [0.717, 1.165) is 16.7 Å². The fourth-order valence-corrected chi connectivity index (χ4v) is 3.59. The normalized spacial score (nSPS) is 18.3. The molecule has 2 aromatic carbocycles. The van der Waals surface area contributed by atoms with Crippen molar-refractivity contribution in [3.8, 4) is 11.1 Å². The van der Waals surface area contributed by atoms with Crippen LogP contribution in [0.3, 0.4) is 0 Å². The molecule has 1 aliphatic rings. The molecule has 0 aliphatic carbocycles. The predicted octanol–water partition coefficient (Wildman–Crippen LogP) is 4.22. The Kier molecular flexibility index (Phi) is 6.87. The maximum Gasteiger partial charge on any atom is 0.329 e. The van der Waals surface area contributed by atoms with Crippen LogP contribution in [0.4, 0.5) is 0 Å². The van der Waals surface area contributed by atoms with Gasteiger partial charge in [-0.2, -0.15) is 0 Å². The molecule has 1 saturated heterocycles.